The Hall–Kier alpha value is -3.22. The van der Waals surface area contributed by atoms with E-state index in [4.69, 9.17) is 23.8 Å². The number of benzene rings is 2. The third-order valence-electron chi connectivity index (χ3n) is 6.02. The number of aryl methyl sites for hydroxylation is 2. The molecule has 1 fully saturated rings. The lowest BCUT2D eigenvalue weighted by molar-refractivity contribution is 0.549. The van der Waals surface area contributed by atoms with E-state index in [9.17, 15) is 4.39 Å². The number of nitrogens with one attached hydrogen (secondary N) is 1. The quantitative estimate of drug-likeness (QED) is 0.343. The zero-order valence-electron chi connectivity index (χ0n) is 18.2. The Morgan fingerprint density at radius 1 is 0.970 bits per heavy atom. The summed E-state index contributed by atoms with van der Waals surface area (Å²) in [7, 11) is 0. The molecule has 1 saturated heterocycles. The number of nitrogens with zero attached hydrogens (tertiary/aromatic N) is 3. The predicted molar refractivity (Wildman–Crippen MR) is 135 cm³/mol. The lowest BCUT2D eigenvalue weighted by Crippen LogP contribution is -2.30. The highest BCUT2D eigenvalue weighted by atomic mass is 35.5. The molecule has 1 aliphatic heterocycles. The van der Waals surface area contributed by atoms with Crippen LogP contribution in [0.4, 0.5) is 10.1 Å². The van der Waals surface area contributed by atoms with Gasteiger partial charge in [-0.05, 0) is 97.9 Å². The van der Waals surface area contributed by atoms with Crippen molar-refractivity contribution in [2.24, 2.45) is 0 Å². The van der Waals surface area contributed by atoms with Gasteiger partial charge >= 0.3 is 0 Å². The number of anilines is 1. The molecule has 2 aromatic heterocycles. The van der Waals surface area contributed by atoms with E-state index in [-0.39, 0.29) is 17.9 Å². The van der Waals surface area contributed by atoms with E-state index in [0.717, 1.165) is 33.3 Å². The standard InChI is InChI=1S/C26H22ClFN4S/c1-16-14-18(8-10-20(16)27)31-13-5-7-23(31)25-24(22-6-3-4-12-29-22)30-26(33)32(25)19-9-11-21(28)17(2)15-19/h3-15,24-25H,1-2H3,(H,30,33). The van der Waals surface area contributed by atoms with Gasteiger partial charge in [0, 0.05) is 34.5 Å². The molecule has 1 N–H and O–H groups in total. The number of pyridine rings is 1. The molecule has 166 valence electrons. The SMILES string of the molecule is Cc1cc(N2C(=S)NC(c3ccccn3)C2c2cccn2-c2ccc(Cl)c(C)c2)ccc1F. The summed E-state index contributed by atoms with van der Waals surface area (Å²) in [5.41, 5.74) is 5.31. The van der Waals surface area contributed by atoms with Gasteiger partial charge in [-0.15, -0.1) is 0 Å². The van der Waals surface area contributed by atoms with Crippen LogP contribution in [0.1, 0.15) is 34.6 Å². The van der Waals surface area contributed by atoms with Crippen molar-refractivity contribution in [3.05, 3.63) is 112 Å². The summed E-state index contributed by atoms with van der Waals surface area (Å²) in [6, 6.07) is 20.6. The Labute approximate surface area is 202 Å². The van der Waals surface area contributed by atoms with Crippen molar-refractivity contribution in [3.63, 3.8) is 0 Å². The predicted octanol–water partition coefficient (Wildman–Crippen LogP) is 6.46. The van der Waals surface area contributed by atoms with E-state index in [1.807, 2.05) is 55.6 Å². The lowest BCUT2D eigenvalue weighted by Gasteiger charge is -2.29. The molecule has 0 radical (unpaired) electrons. The first-order valence-corrected chi connectivity index (χ1v) is 11.4. The Morgan fingerprint density at radius 2 is 1.76 bits per heavy atom. The molecule has 0 aliphatic carbocycles. The van der Waals surface area contributed by atoms with Crippen LogP contribution >= 0.6 is 23.8 Å². The van der Waals surface area contributed by atoms with Gasteiger partial charge in [0.2, 0.25) is 0 Å². The van der Waals surface area contributed by atoms with Crippen molar-refractivity contribution >= 4 is 34.6 Å². The molecule has 4 nitrogen and oxygen atoms in total. The molecule has 0 spiro atoms. The second-order valence-electron chi connectivity index (χ2n) is 8.17. The average Bonchev–Trinajstić information content (AvgIpc) is 3.42. The largest absolute Gasteiger partial charge is 0.351 e. The van der Waals surface area contributed by atoms with Crippen LogP contribution in [-0.4, -0.2) is 14.7 Å². The van der Waals surface area contributed by atoms with Crippen LogP contribution < -0.4 is 10.2 Å². The van der Waals surface area contributed by atoms with Gasteiger partial charge in [0.1, 0.15) is 11.9 Å². The monoisotopic (exact) mass is 476 g/mol. The summed E-state index contributed by atoms with van der Waals surface area (Å²) < 4.78 is 16.2. The van der Waals surface area contributed by atoms with Crippen molar-refractivity contribution < 1.29 is 4.39 Å². The minimum Gasteiger partial charge on any atom is -0.351 e. The topological polar surface area (TPSA) is 33.1 Å². The molecule has 33 heavy (non-hydrogen) atoms. The molecule has 0 saturated carbocycles. The molecular weight excluding hydrogens is 455 g/mol. The number of aromatic nitrogens is 2. The first-order chi connectivity index (χ1) is 15.9. The number of hydrogen-bond acceptors (Lipinski definition) is 2. The summed E-state index contributed by atoms with van der Waals surface area (Å²) in [6.45, 7) is 3.75. The van der Waals surface area contributed by atoms with Crippen LogP contribution in [0.5, 0.6) is 0 Å². The Kier molecular flexibility index (Phi) is 5.64. The minimum absolute atomic E-state index is 0.189. The first kappa shape index (κ1) is 21.6. The van der Waals surface area contributed by atoms with E-state index in [1.54, 1.807) is 19.2 Å². The molecule has 1 aliphatic rings. The molecule has 0 amide bonds. The molecule has 5 rings (SSSR count). The van der Waals surface area contributed by atoms with Gasteiger partial charge in [0.05, 0.1) is 11.7 Å². The summed E-state index contributed by atoms with van der Waals surface area (Å²) in [6.07, 6.45) is 3.81. The third-order valence-corrected chi connectivity index (χ3v) is 6.76. The number of thiocarbonyl (C=S) groups is 1. The van der Waals surface area contributed by atoms with Gasteiger partial charge in [-0.1, -0.05) is 17.7 Å². The van der Waals surface area contributed by atoms with E-state index < -0.39 is 0 Å². The van der Waals surface area contributed by atoms with Gasteiger partial charge in [0.15, 0.2) is 5.11 Å². The van der Waals surface area contributed by atoms with Crippen molar-refractivity contribution in [1.29, 1.82) is 0 Å². The van der Waals surface area contributed by atoms with Crippen LogP contribution in [0.3, 0.4) is 0 Å². The van der Waals surface area contributed by atoms with Crippen LogP contribution in [0.25, 0.3) is 5.69 Å². The van der Waals surface area contributed by atoms with Crippen LogP contribution in [-0.2, 0) is 0 Å². The fraction of sp³-hybridized carbons (Fsp3) is 0.154. The zero-order chi connectivity index (χ0) is 23.1. The third kappa shape index (κ3) is 3.90. The molecule has 0 bridgehead atoms. The van der Waals surface area contributed by atoms with Gasteiger partial charge < -0.3 is 14.8 Å². The van der Waals surface area contributed by atoms with Crippen molar-refractivity contribution in [2.75, 3.05) is 4.90 Å². The molecule has 2 atom stereocenters. The van der Waals surface area contributed by atoms with E-state index in [1.165, 1.54) is 6.07 Å². The van der Waals surface area contributed by atoms with Crippen LogP contribution in [0.2, 0.25) is 5.02 Å². The molecular formula is C26H22ClFN4S. The Bertz CT molecular complexity index is 1340. The van der Waals surface area contributed by atoms with Gasteiger partial charge in [-0.25, -0.2) is 4.39 Å². The second kappa shape index (κ2) is 8.61. The summed E-state index contributed by atoms with van der Waals surface area (Å²) >= 11 is 12.1. The highest BCUT2D eigenvalue weighted by Gasteiger charge is 2.42. The maximum Gasteiger partial charge on any atom is 0.174 e. The number of hydrogen-bond donors (Lipinski definition) is 1. The fourth-order valence-corrected chi connectivity index (χ4v) is 4.82. The van der Waals surface area contributed by atoms with E-state index >= 15 is 0 Å². The van der Waals surface area contributed by atoms with Gasteiger partial charge in [0.25, 0.3) is 0 Å². The summed E-state index contributed by atoms with van der Waals surface area (Å²) in [5.74, 6) is -0.241. The minimum atomic E-state index is -0.241. The Balaban J connectivity index is 1.68. The zero-order valence-corrected chi connectivity index (χ0v) is 19.7. The molecule has 3 heterocycles. The first-order valence-electron chi connectivity index (χ1n) is 10.6. The number of rotatable bonds is 4. The highest BCUT2D eigenvalue weighted by Crippen LogP contribution is 2.42. The fourth-order valence-electron chi connectivity index (χ4n) is 4.36. The molecule has 7 heteroatoms. The van der Waals surface area contributed by atoms with Crippen molar-refractivity contribution in [2.45, 2.75) is 25.9 Å². The maximum absolute atomic E-state index is 14.1. The number of halogens is 2. The van der Waals surface area contributed by atoms with Crippen LogP contribution in [0, 0.1) is 19.7 Å². The van der Waals surface area contributed by atoms with Gasteiger partial charge in [-0.2, -0.15) is 0 Å². The smallest absolute Gasteiger partial charge is 0.174 e. The maximum atomic E-state index is 14.1. The molecule has 2 unspecified atom stereocenters. The van der Waals surface area contributed by atoms with Crippen molar-refractivity contribution in [1.82, 2.24) is 14.9 Å². The normalized spacial score (nSPS) is 17.9. The lowest BCUT2D eigenvalue weighted by atomic mass is 10.0. The summed E-state index contributed by atoms with van der Waals surface area (Å²) in [5, 5.41) is 4.76. The van der Waals surface area contributed by atoms with Crippen LogP contribution in [0.15, 0.2) is 79.1 Å². The highest BCUT2D eigenvalue weighted by molar-refractivity contribution is 7.80. The average molecular weight is 477 g/mol. The second-order valence-corrected chi connectivity index (χ2v) is 8.96. The molecule has 2 aromatic carbocycles. The van der Waals surface area contributed by atoms with Crippen molar-refractivity contribution in [3.8, 4) is 5.69 Å². The van der Waals surface area contributed by atoms with Gasteiger partial charge in [-0.3, -0.25) is 4.98 Å². The van der Waals surface area contributed by atoms with E-state index in [2.05, 4.69) is 31.9 Å². The Morgan fingerprint density at radius 3 is 2.48 bits per heavy atom. The molecule has 4 aromatic rings. The van der Waals surface area contributed by atoms with E-state index in [0.29, 0.717) is 10.7 Å². The summed E-state index contributed by atoms with van der Waals surface area (Å²) in [4.78, 5) is 6.66.